The van der Waals surface area contributed by atoms with Crippen LogP contribution in [0.3, 0.4) is 0 Å². The van der Waals surface area contributed by atoms with Crippen LogP contribution in [0, 0.1) is 16.2 Å². The molecule has 144 heavy (non-hydrogen) atoms. The molecule has 7 aliphatic carbocycles. The molecule has 30 nitrogen and oxygen atoms in total. The number of piperidine rings is 1. The van der Waals surface area contributed by atoms with Gasteiger partial charge in [0.1, 0.15) is 17.2 Å². The molecule has 774 valence electrons. The summed E-state index contributed by atoms with van der Waals surface area (Å²) in [6.45, 7) is 5.01. The highest BCUT2D eigenvalue weighted by Crippen LogP contribution is 2.70. The summed E-state index contributed by atoms with van der Waals surface area (Å²) in [6, 6.07) is 36.7. The molecule has 6 amide bonds. The second-order valence-electron chi connectivity index (χ2n) is 44.6. The van der Waals surface area contributed by atoms with Crippen LogP contribution >= 0.6 is 0 Å². The Morgan fingerprint density at radius 2 is 0.653 bits per heavy atom. The number of carbonyl (C=O) groups is 6. The lowest BCUT2D eigenvalue weighted by molar-refractivity contribution is -0.140. The number of hydrogen-bond acceptors (Lipinski definition) is 18. The molecule has 8 heterocycles. The first-order valence-electron chi connectivity index (χ1n) is 52.4. The Labute approximate surface area is 850 Å². The first-order chi connectivity index (χ1) is 68.8. The summed E-state index contributed by atoms with van der Waals surface area (Å²) >= 11 is 0. The fourth-order valence-electron chi connectivity index (χ4n) is 26.9. The number of aromatic nitrogens is 3. The molecule has 3 aromatic heterocycles. The standard InChI is InChI=1S/C38H51N5O5S.C37H49N5O5S.C36H47N5O5S/c1-40(2)31-14-10-11-15-32(31)42(5)37(45)38-22-30(38)29-21-26(48-6)17-19-27(29)35-34(24-12-8-7-9-13-24)28-18-16-25(20-33(28)43(35)23-38)36(44)39-49(46,47)41(3)4;1-39(2)48(45,46)38-35(43)25-14-16-29-32(19-25)42-23-37(36(44)41(4)22-26-13-9-10-18-40(26)3)21-31(37)30-20-27(47-5)15-17-28(30)34(42)33(29)24-11-7-6-8-12-24;1-38(2)47(44,45)37-34(42)24-13-15-28-31(18-24)41-22-36(35(43)40(4)21-25-12-9-17-39(25)3)20-30(36)29-19-26(46-5)14-16-27(29)33(41)32(28)23-10-7-6-8-11-23/h16-21,24,30-32H,7-15,22-23H2,1-6H3,(H,39,44);14-17,19-20,24,26,31H,6-13,18,21-23H2,1-5H3,(H,38,43);13-16,18-19,23,25,30H,6-12,17,20-22H2,1-5H3,(H,37,42)/t30?,31-,32-,38?;;/m1../s1. The van der Waals surface area contributed by atoms with Gasteiger partial charge >= 0.3 is 30.6 Å². The van der Waals surface area contributed by atoms with Crippen molar-refractivity contribution >= 4 is 98.8 Å². The highest BCUT2D eigenvalue weighted by atomic mass is 32.2. The Balaban J connectivity index is 0.000000137. The highest BCUT2D eigenvalue weighted by Gasteiger charge is 2.67. The quantitative estimate of drug-likeness (QED) is 0.0506. The average Bonchev–Trinajstić information content (AvgIpc) is 1.53. The van der Waals surface area contributed by atoms with E-state index in [1.165, 1.54) is 136 Å². The van der Waals surface area contributed by atoms with Crippen molar-refractivity contribution in [1.82, 2.24) is 70.2 Å². The van der Waals surface area contributed by atoms with E-state index in [1.807, 2.05) is 85.5 Å². The average molecular weight is 2030 g/mol. The van der Waals surface area contributed by atoms with E-state index >= 15 is 4.79 Å². The molecule has 9 fully saturated rings. The van der Waals surface area contributed by atoms with E-state index in [0.717, 1.165) is 223 Å². The molecule has 8 unspecified atom stereocenters. The first kappa shape index (κ1) is 102. The smallest absolute Gasteiger partial charge is 0.303 e. The van der Waals surface area contributed by atoms with E-state index in [9.17, 15) is 49.2 Å². The molecule has 7 saturated carbocycles. The molecule has 0 spiro atoms. The van der Waals surface area contributed by atoms with Crippen LogP contribution < -0.4 is 28.4 Å². The second kappa shape index (κ2) is 40.1. The van der Waals surface area contributed by atoms with Crippen LogP contribution in [0.5, 0.6) is 17.2 Å². The van der Waals surface area contributed by atoms with Crippen molar-refractivity contribution in [2.24, 2.45) is 16.2 Å². The number of ether oxygens (including phenoxy) is 3. The van der Waals surface area contributed by atoms with Crippen molar-refractivity contribution in [2.75, 3.05) is 139 Å². The van der Waals surface area contributed by atoms with E-state index < -0.39 is 64.6 Å². The normalized spacial score (nSPS) is 24.7. The van der Waals surface area contributed by atoms with Gasteiger partial charge in [0.05, 0.1) is 54.7 Å². The number of likely N-dealkylation sites (tertiary alicyclic amines) is 2. The molecule has 9 aromatic rings. The molecule has 10 atom stereocenters. The van der Waals surface area contributed by atoms with E-state index in [4.69, 9.17) is 14.2 Å². The zero-order valence-corrected chi connectivity index (χ0v) is 89.4. The Kier molecular flexibility index (Phi) is 28.5. The van der Waals surface area contributed by atoms with Crippen LogP contribution in [-0.4, -0.2) is 280 Å². The lowest BCUT2D eigenvalue weighted by atomic mass is 9.81. The molecular formula is C111H147N15O15S3. The van der Waals surface area contributed by atoms with Crippen molar-refractivity contribution in [3.63, 3.8) is 0 Å². The van der Waals surface area contributed by atoms with Gasteiger partial charge in [-0.2, -0.15) is 38.2 Å². The maximum absolute atomic E-state index is 15.0. The minimum Gasteiger partial charge on any atom is -0.497 e. The van der Waals surface area contributed by atoms with Crippen molar-refractivity contribution in [3.8, 4) is 51.0 Å². The number of likely N-dealkylation sites (N-methyl/N-ethyl adjacent to an activating group) is 6. The summed E-state index contributed by atoms with van der Waals surface area (Å²) in [4.78, 5) is 97.5. The van der Waals surface area contributed by atoms with Gasteiger partial charge in [0, 0.05) is 204 Å². The SMILES string of the molecule is COc1ccc2c(c1)C1CC1(C(=O)N(C)CC1CCCCN1C)Cn1c-2c(C2CCCCC2)c2ccc(C(=O)NS(=O)(=O)N(C)C)cc21.COc1ccc2c(c1)C1CC1(C(=O)N(C)CC1CCCN1C)Cn1c-2c(C2CCCCC2)c2ccc(C(=O)NS(=O)(=O)N(C)C)cc21.COc1ccc2c(c1)C1CC1(C(=O)N(C)[C@@H]1CCCC[C@H]1N(C)C)Cn1c-2c(C2CCCCC2)c2ccc(C(=O)NS(=O)(=O)N(C)C)cc21. The summed E-state index contributed by atoms with van der Waals surface area (Å²) in [5.41, 5.74) is 15.6. The van der Waals surface area contributed by atoms with Gasteiger partial charge in [-0.3, -0.25) is 28.8 Å². The third kappa shape index (κ3) is 18.7. The lowest BCUT2D eigenvalue weighted by Gasteiger charge is -2.42. The van der Waals surface area contributed by atoms with Gasteiger partial charge in [0.25, 0.3) is 17.7 Å². The number of nitrogens with zero attached hydrogens (tertiary/aromatic N) is 12. The third-order valence-electron chi connectivity index (χ3n) is 35.2. The predicted octanol–water partition coefficient (Wildman–Crippen LogP) is 16.0. The number of methoxy groups -OCH3 is 3. The van der Waals surface area contributed by atoms with Crippen LogP contribution in [0.2, 0.25) is 0 Å². The fourth-order valence-corrected chi connectivity index (χ4v) is 28.5. The predicted molar refractivity (Wildman–Crippen MR) is 563 cm³/mol. The summed E-state index contributed by atoms with van der Waals surface area (Å²) in [5, 5.41) is 3.22. The van der Waals surface area contributed by atoms with Crippen molar-refractivity contribution in [3.05, 3.63) is 159 Å². The van der Waals surface area contributed by atoms with Crippen LogP contribution in [0.4, 0.5) is 0 Å². The van der Waals surface area contributed by atoms with Crippen molar-refractivity contribution < 1.29 is 68.2 Å². The number of amides is 6. The molecule has 2 saturated heterocycles. The van der Waals surface area contributed by atoms with E-state index in [2.05, 4.69) is 112 Å². The van der Waals surface area contributed by atoms with Crippen LogP contribution in [0.25, 0.3) is 66.5 Å². The lowest BCUT2D eigenvalue weighted by Crippen LogP contribution is -2.53. The number of hydrogen-bond donors (Lipinski definition) is 3. The van der Waals surface area contributed by atoms with E-state index in [-0.39, 0.29) is 58.2 Å². The van der Waals surface area contributed by atoms with Crippen LogP contribution in [0.15, 0.2) is 109 Å². The molecular weight excluding hydrogens is 1880 g/mol. The minimum atomic E-state index is -3.97. The largest absolute Gasteiger partial charge is 0.497 e. The summed E-state index contributed by atoms with van der Waals surface area (Å²) < 4.78 is 109. The maximum Gasteiger partial charge on any atom is 0.303 e. The number of rotatable bonds is 24. The number of fused-ring (bicyclic) bond motifs is 21. The molecule has 12 aliphatic rings. The zero-order chi connectivity index (χ0) is 102. The molecule has 33 heteroatoms. The van der Waals surface area contributed by atoms with Gasteiger partial charge in [0.2, 0.25) is 17.7 Å². The summed E-state index contributed by atoms with van der Waals surface area (Å²) in [7, 11) is 16.0. The van der Waals surface area contributed by atoms with Crippen molar-refractivity contribution in [1.29, 1.82) is 0 Å². The number of carbonyl (C=O) groups excluding carboxylic acids is 6. The molecule has 6 aromatic carbocycles. The maximum atomic E-state index is 15.0. The molecule has 0 radical (unpaired) electrons. The van der Waals surface area contributed by atoms with E-state index in [0.29, 0.717) is 68.6 Å². The van der Waals surface area contributed by atoms with Gasteiger partial charge in [-0.25, -0.2) is 14.2 Å². The molecule has 3 N–H and O–H groups in total. The summed E-state index contributed by atoms with van der Waals surface area (Å²) in [5.74, 6) is 2.03. The fraction of sp³-hybridized carbons (Fsp3) is 0.568. The minimum absolute atomic E-state index is 0.0415. The number of nitrogens with one attached hydrogen (secondary N) is 3. The molecule has 5 aliphatic heterocycles. The third-order valence-corrected chi connectivity index (χ3v) is 39.4. The molecule has 21 rings (SSSR count). The first-order valence-corrected chi connectivity index (χ1v) is 56.7. The molecule has 0 bridgehead atoms. The summed E-state index contributed by atoms with van der Waals surface area (Å²) in [6.07, 6.45) is 29.5. The van der Waals surface area contributed by atoms with Gasteiger partial charge in [-0.1, -0.05) is 95.2 Å². The van der Waals surface area contributed by atoms with Crippen molar-refractivity contribution in [2.45, 2.75) is 253 Å². The zero-order valence-electron chi connectivity index (χ0n) is 86.9. The van der Waals surface area contributed by atoms with Gasteiger partial charge in [-0.15, -0.1) is 0 Å². The van der Waals surface area contributed by atoms with Gasteiger partial charge in [-0.05, 0) is 280 Å². The highest BCUT2D eigenvalue weighted by molar-refractivity contribution is 7.88. The number of benzene rings is 6. The Bertz CT molecular complexity index is 6890. The monoisotopic (exact) mass is 2030 g/mol. The Morgan fingerprint density at radius 1 is 0.354 bits per heavy atom. The Morgan fingerprint density at radius 3 is 0.951 bits per heavy atom. The topological polar surface area (TPSA) is 313 Å². The second-order valence-corrected chi connectivity index (χ2v) is 50.2. The van der Waals surface area contributed by atoms with Gasteiger partial charge < -0.3 is 57.3 Å². The van der Waals surface area contributed by atoms with Crippen LogP contribution in [0.1, 0.15) is 273 Å². The Hall–Kier alpha value is -10.2. The van der Waals surface area contributed by atoms with Crippen LogP contribution in [-0.2, 0) is 64.6 Å². The van der Waals surface area contributed by atoms with Gasteiger partial charge in [0.15, 0.2) is 0 Å². The van der Waals surface area contributed by atoms with E-state index in [1.54, 1.807) is 39.5 Å².